The van der Waals surface area contributed by atoms with Gasteiger partial charge in [-0.05, 0) is 68.8 Å². The van der Waals surface area contributed by atoms with Crippen molar-refractivity contribution in [2.75, 3.05) is 6.61 Å². The zero-order valence-corrected chi connectivity index (χ0v) is 23.0. The molecule has 1 N–H and O–H groups in total. The van der Waals surface area contributed by atoms with Gasteiger partial charge in [0.25, 0.3) is 0 Å². The molecule has 0 aromatic rings. The summed E-state index contributed by atoms with van der Waals surface area (Å²) in [6.45, 7) is 15.7. The first-order valence-corrected chi connectivity index (χ1v) is 14.4. The summed E-state index contributed by atoms with van der Waals surface area (Å²) in [5, 5.41) is 11.8. The van der Waals surface area contributed by atoms with Crippen LogP contribution in [0.4, 0.5) is 0 Å². The second-order valence-electron chi connectivity index (χ2n) is 13.8. The highest BCUT2D eigenvalue weighted by atomic mass is 16.6. The predicted octanol–water partition coefficient (Wildman–Crippen LogP) is 4.48. The summed E-state index contributed by atoms with van der Waals surface area (Å²) >= 11 is 0. The molecule has 6 nitrogen and oxygen atoms in total. The van der Waals surface area contributed by atoms with E-state index >= 15 is 0 Å². The van der Waals surface area contributed by atoms with Crippen LogP contribution in [0.25, 0.3) is 0 Å². The fraction of sp³-hybridized carbons (Fsp3) is 0.867. The molecule has 12 atom stereocenters. The quantitative estimate of drug-likeness (QED) is 0.427. The molecule has 2 aliphatic heterocycles. The summed E-state index contributed by atoms with van der Waals surface area (Å²) in [6, 6.07) is 0. The van der Waals surface area contributed by atoms with E-state index in [4.69, 9.17) is 14.2 Å². The van der Waals surface area contributed by atoms with Gasteiger partial charge < -0.3 is 19.3 Å². The Kier molecular flexibility index (Phi) is 5.33. The summed E-state index contributed by atoms with van der Waals surface area (Å²) < 4.78 is 18.6. The number of fused-ring (bicyclic) bond motifs is 3. The van der Waals surface area contributed by atoms with E-state index in [9.17, 15) is 14.7 Å². The van der Waals surface area contributed by atoms with Crippen molar-refractivity contribution in [3.05, 3.63) is 11.6 Å². The van der Waals surface area contributed by atoms with Crippen LogP contribution >= 0.6 is 0 Å². The lowest BCUT2D eigenvalue weighted by Gasteiger charge is -2.57. The lowest BCUT2D eigenvalue weighted by molar-refractivity contribution is -0.153. The minimum atomic E-state index is -0.831. The third-order valence-electron chi connectivity index (χ3n) is 12.2. The van der Waals surface area contributed by atoms with Gasteiger partial charge in [-0.25, -0.2) is 4.79 Å². The summed E-state index contributed by atoms with van der Waals surface area (Å²) in [7, 11) is 0. The van der Waals surface area contributed by atoms with Crippen molar-refractivity contribution in [1.29, 1.82) is 0 Å². The van der Waals surface area contributed by atoms with Crippen molar-refractivity contribution in [3.63, 3.8) is 0 Å². The molecule has 2 saturated heterocycles. The van der Waals surface area contributed by atoms with Crippen LogP contribution in [0.1, 0.15) is 80.6 Å². The average Bonchev–Trinajstić information content (AvgIpc) is 3.72. The van der Waals surface area contributed by atoms with E-state index in [1.54, 1.807) is 6.92 Å². The van der Waals surface area contributed by atoms with Crippen LogP contribution in [0.15, 0.2) is 11.6 Å². The number of epoxide rings is 2. The molecule has 0 radical (unpaired) electrons. The zero-order valence-electron chi connectivity index (χ0n) is 23.0. The Balaban J connectivity index is 1.33. The molecule has 6 heteroatoms. The van der Waals surface area contributed by atoms with Crippen LogP contribution < -0.4 is 0 Å². The number of hydrogen-bond acceptors (Lipinski definition) is 6. The lowest BCUT2D eigenvalue weighted by atomic mass is 9.43. The smallest absolute Gasteiger partial charge is 0.334 e. The van der Waals surface area contributed by atoms with Gasteiger partial charge in [0.2, 0.25) is 0 Å². The Morgan fingerprint density at radius 3 is 2.56 bits per heavy atom. The van der Waals surface area contributed by atoms with Gasteiger partial charge in [-0.3, -0.25) is 4.79 Å². The highest BCUT2D eigenvalue weighted by Crippen LogP contribution is 2.81. The molecule has 0 aromatic heterocycles. The van der Waals surface area contributed by atoms with Crippen molar-refractivity contribution in [2.24, 2.45) is 46.3 Å². The number of rotatable bonds is 6. The predicted molar refractivity (Wildman–Crippen MR) is 134 cm³/mol. The van der Waals surface area contributed by atoms with Gasteiger partial charge in [-0.15, -0.1) is 0 Å². The Labute approximate surface area is 215 Å². The fourth-order valence-corrected chi connectivity index (χ4v) is 9.94. The van der Waals surface area contributed by atoms with Crippen LogP contribution in [-0.2, 0) is 23.8 Å². The topological polar surface area (TPSA) is 88.7 Å². The summed E-state index contributed by atoms with van der Waals surface area (Å²) in [4.78, 5) is 26.2. The van der Waals surface area contributed by atoms with Gasteiger partial charge in [-0.2, -0.15) is 0 Å². The number of esters is 1. The van der Waals surface area contributed by atoms with E-state index in [-0.39, 0.29) is 23.7 Å². The second kappa shape index (κ2) is 7.66. The first-order valence-electron chi connectivity index (χ1n) is 14.4. The molecule has 200 valence electrons. The largest absolute Gasteiger partial charge is 0.463 e. The maximum atomic E-state index is 13.2. The molecule has 0 aromatic carbocycles. The number of aliphatic hydroxyl groups is 1. The highest BCUT2D eigenvalue weighted by molar-refractivity contribution is 6.03. The van der Waals surface area contributed by atoms with Crippen molar-refractivity contribution >= 4 is 11.8 Å². The van der Waals surface area contributed by atoms with E-state index < -0.39 is 34.6 Å². The molecule has 2 heterocycles. The molecule has 6 rings (SSSR count). The number of hydrogen-bond donors (Lipinski definition) is 1. The Hall–Kier alpha value is -1.24. The van der Waals surface area contributed by atoms with Crippen molar-refractivity contribution < 1.29 is 28.9 Å². The third kappa shape index (κ3) is 2.79. The van der Waals surface area contributed by atoms with E-state index in [0.717, 1.165) is 25.7 Å². The van der Waals surface area contributed by atoms with Crippen LogP contribution in [0.5, 0.6) is 0 Å². The van der Waals surface area contributed by atoms with Crippen LogP contribution in [0.3, 0.4) is 0 Å². The second-order valence-corrected chi connectivity index (χ2v) is 13.8. The first-order chi connectivity index (χ1) is 16.9. The molecule has 2 spiro atoms. The van der Waals surface area contributed by atoms with Crippen molar-refractivity contribution in [3.8, 4) is 0 Å². The molecule has 2 bridgehead atoms. The van der Waals surface area contributed by atoms with Gasteiger partial charge >= 0.3 is 5.97 Å². The maximum absolute atomic E-state index is 13.2. The van der Waals surface area contributed by atoms with Crippen molar-refractivity contribution in [1.82, 2.24) is 0 Å². The molecule has 6 aliphatic rings. The van der Waals surface area contributed by atoms with Crippen LogP contribution in [-0.4, -0.2) is 53.0 Å². The van der Waals surface area contributed by atoms with E-state index in [1.807, 2.05) is 0 Å². The summed E-state index contributed by atoms with van der Waals surface area (Å²) in [5.41, 5.74) is -1.33. The fourth-order valence-electron chi connectivity index (χ4n) is 9.94. The number of carbonyl (C=O) groups is 2. The summed E-state index contributed by atoms with van der Waals surface area (Å²) in [6.07, 6.45) is 5.60. The van der Waals surface area contributed by atoms with Gasteiger partial charge in [0.05, 0.1) is 30.8 Å². The highest BCUT2D eigenvalue weighted by Gasteiger charge is 2.90. The molecular weight excluding hydrogens is 456 g/mol. The molecule has 0 amide bonds. The van der Waals surface area contributed by atoms with Crippen LogP contribution in [0.2, 0.25) is 0 Å². The van der Waals surface area contributed by atoms with Gasteiger partial charge in [0, 0.05) is 22.3 Å². The Morgan fingerprint density at radius 1 is 1.17 bits per heavy atom. The summed E-state index contributed by atoms with van der Waals surface area (Å²) in [5.74, 6) is 0.927. The average molecular weight is 501 g/mol. The van der Waals surface area contributed by atoms with Gasteiger partial charge in [0.1, 0.15) is 11.2 Å². The molecule has 3 saturated carbocycles. The normalized spacial score (nSPS) is 52.0. The van der Waals surface area contributed by atoms with Gasteiger partial charge in [0.15, 0.2) is 5.78 Å². The number of ether oxygens (including phenoxy) is 3. The maximum Gasteiger partial charge on any atom is 0.334 e. The molecule has 5 fully saturated rings. The number of carbonyl (C=O) groups excluding carboxylic acids is 2. The lowest BCUT2D eigenvalue weighted by Crippen LogP contribution is -2.66. The van der Waals surface area contributed by atoms with E-state index in [2.05, 4.69) is 41.5 Å². The zero-order chi connectivity index (χ0) is 26.0. The van der Waals surface area contributed by atoms with Crippen molar-refractivity contribution in [2.45, 2.75) is 110 Å². The number of allylic oxidation sites excluding steroid dienone is 1. The molecule has 0 unspecified atom stereocenters. The van der Waals surface area contributed by atoms with Gasteiger partial charge in [-0.1, -0.05) is 41.5 Å². The minimum Gasteiger partial charge on any atom is -0.463 e. The van der Waals surface area contributed by atoms with E-state index in [1.165, 1.54) is 6.08 Å². The molecule has 4 aliphatic carbocycles. The number of aliphatic hydroxyl groups excluding tert-OH is 1. The standard InChI is InChI=1S/C30H44O6/c1-8-34-26(33)20-13-21(31)18-14-27(20,6)22-10-11-28(7)19(9-12-29(28)30(22,36-29)25(18)32)17(5)24-23(35-24)16(4)15(2)3/h13,15-19,22-25,32H,8-12,14H2,1-7H3/t16-,17+,18-,19-,22-,23+,24+,25-,27+,28-,29-,30-/m1/s1. The first kappa shape index (κ1) is 25.1. The number of ketones is 1. The molecular formula is C30H44O6. The SMILES string of the molecule is CCOC(=O)C1=CC(=O)[C@H]2C[C@]1(C)[C@H]1CC[C@]3(C)[C@@H]([C@H](C)[C@@H]4O[C@H]4[C@H](C)C(C)C)CC[C@@]34O[C@@]14[C@@H]2O. The Bertz CT molecular complexity index is 1020. The third-order valence-corrected chi connectivity index (χ3v) is 12.2. The molecule has 36 heavy (non-hydrogen) atoms. The minimum absolute atomic E-state index is 0.00646. The monoisotopic (exact) mass is 500 g/mol. The Morgan fingerprint density at radius 2 is 1.89 bits per heavy atom. The van der Waals surface area contributed by atoms with E-state index in [0.29, 0.717) is 47.9 Å². The van der Waals surface area contributed by atoms with Crippen LogP contribution in [0, 0.1) is 46.3 Å².